The smallest absolute Gasteiger partial charge is 0.325 e. The van der Waals surface area contributed by atoms with Crippen molar-refractivity contribution in [2.75, 3.05) is 39.9 Å². The van der Waals surface area contributed by atoms with E-state index in [1.807, 2.05) is 42.5 Å². The number of piperidine rings is 1. The first kappa shape index (κ1) is 24.5. The van der Waals surface area contributed by atoms with Gasteiger partial charge in [0.25, 0.3) is 5.91 Å². The third-order valence-corrected chi connectivity index (χ3v) is 7.61. The molecule has 3 aliphatic rings. The average Bonchev–Trinajstić information content (AvgIpc) is 3.53. The molecule has 4 heterocycles. The van der Waals surface area contributed by atoms with Gasteiger partial charge in [-0.15, -0.1) is 0 Å². The van der Waals surface area contributed by atoms with E-state index >= 15 is 0 Å². The molecule has 1 N–H and O–H groups in total. The van der Waals surface area contributed by atoms with Gasteiger partial charge in [0.15, 0.2) is 5.54 Å². The highest BCUT2D eigenvalue weighted by atomic mass is 16.5. The zero-order chi connectivity index (χ0) is 25.0. The zero-order valence-electron chi connectivity index (χ0n) is 20.8. The van der Waals surface area contributed by atoms with Crippen molar-refractivity contribution in [3.63, 3.8) is 0 Å². The van der Waals surface area contributed by atoms with E-state index in [0.29, 0.717) is 18.8 Å². The second-order valence-corrected chi connectivity index (χ2v) is 9.72. The first-order valence-electron chi connectivity index (χ1n) is 12.8. The van der Waals surface area contributed by atoms with Gasteiger partial charge in [-0.25, -0.2) is 4.79 Å². The third kappa shape index (κ3) is 4.75. The highest BCUT2D eigenvalue weighted by molar-refractivity contribution is 6.07. The summed E-state index contributed by atoms with van der Waals surface area (Å²) in [4.78, 5) is 35.3. The largest absolute Gasteiger partial charge is 0.496 e. The molecule has 2 atom stereocenters. The minimum Gasteiger partial charge on any atom is -0.496 e. The van der Waals surface area contributed by atoms with Gasteiger partial charge in [-0.2, -0.15) is 0 Å². The van der Waals surface area contributed by atoms with Gasteiger partial charge in [0.05, 0.1) is 25.5 Å². The van der Waals surface area contributed by atoms with Crippen LogP contribution in [0.1, 0.15) is 36.9 Å². The van der Waals surface area contributed by atoms with Crippen LogP contribution in [0.25, 0.3) is 6.08 Å². The number of pyridine rings is 1. The van der Waals surface area contributed by atoms with Crippen LogP contribution in [0.2, 0.25) is 0 Å². The van der Waals surface area contributed by atoms with Crippen LogP contribution in [0.3, 0.4) is 0 Å². The first-order chi connectivity index (χ1) is 17.6. The monoisotopic (exact) mass is 490 g/mol. The van der Waals surface area contributed by atoms with Crippen LogP contribution < -0.4 is 10.1 Å². The van der Waals surface area contributed by atoms with Gasteiger partial charge in [0, 0.05) is 24.9 Å². The summed E-state index contributed by atoms with van der Waals surface area (Å²) in [5.41, 5.74) is 0.540. The van der Waals surface area contributed by atoms with Crippen LogP contribution >= 0.6 is 0 Å². The Balaban J connectivity index is 1.29. The van der Waals surface area contributed by atoms with E-state index < -0.39 is 5.54 Å². The van der Waals surface area contributed by atoms with Gasteiger partial charge in [-0.1, -0.05) is 36.4 Å². The Hall–Kier alpha value is -3.23. The van der Waals surface area contributed by atoms with E-state index in [4.69, 9.17) is 9.47 Å². The van der Waals surface area contributed by atoms with Gasteiger partial charge in [-0.3, -0.25) is 19.6 Å². The molecule has 0 radical (unpaired) electrons. The summed E-state index contributed by atoms with van der Waals surface area (Å²) >= 11 is 0. The normalized spacial score (nSPS) is 25.6. The molecule has 8 heteroatoms. The molecule has 3 amide bonds. The maximum Gasteiger partial charge on any atom is 0.325 e. The number of carbonyl (C=O) groups excluding carboxylic acids is 2. The number of ether oxygens (including phenoxy) is 2. The lowest BCUT2D eigenvalue weighted by atomic mass is 9.75. The second-order valence-electron chi connectivity index (χ2n) is 9.72. The van der Waals surface area contributed by atoms with Crippen LogP contribution in [0.4, 0.5) is 4.79 Å². The van der Waals surface area contributed by atoms with Crippen molar-refractivity contribution in [2.45, 2.75) is 37.3 Å². The molecule has 36 heavy (non-hydrogen) atoms. The minimum absolute atomic E-state index is 0.0345. The highest BCUT2D eigenvalue weighted by Crippen LogP contribution is 2.41. The summed E-state index contributed by atoms with van der Waals surface area (Å²) in [7, 11) is 1.68. The molecular weight excluding hydrogens is 456 g/mol. The number of aromatic nitrogens is 1. The van der Waals surface area contributed by atoms with Crippen molar-refractivity contribution >= 4 is 18.0 Å². The van der Waals surface area contributed by atoms with Gasteiger partial charge in [0.1, 0.15) is 5.75 Å². The summed E-state index contributed by atoms with van der Waals surface area (Å²) in [5, 5.41) is 3.09. The molecule has 2 aromatic rings. The van der Waals surface area contributed by atoms with Crippen LogP contribution in [-0.4, -0.2) is 72.7 Å². The number of benzene rings is 1. The predicted octanol–water partition coefficient (Wildman–Crippen LogP) is 3.44. The molecule has 8 nitrogen and oxygen atoms in total. The van der Waals surface area contributed by atoms with Crippen molar-refractivity contribution in [1.82, 2.24) is 20.1 Å². The summed E-state index contributed by atoms with van der Waals surface area (Å²) in [6.45, 7) is 3.47. The number of imide groups is 1. The summed E-state index contributed by atoms with van der Waals surface area (Å²) in [5.74, 6) is 0.622. The van der Waals surface area contributed by atoms with Crippen molar-refractivity contribution < 1.29 is 19.1 Å². The van der Waals surface area contributed by atoms with Crippen molar-refractivity contribution in [2.24, 2.45) is 5.92 Å². The molecule has 0 saturated carbocycles. The Morgan fingerprint density at radius 3 is 2.67 bits per heavy atom. The van der Waals surface area contributed by atoms with Crippen LogP contribution in [0.5, 0.6) is 5.75 Å². The standard InChI is InChI=1S/C28H34N4O4/c1-35-24-11-3-2-8-21(24)9-6-16-31-17-13-22(14-18-31)28(25-12-4-5-15-29-25)26(33)32(27(34)30-28)20-23-10-7-19-36-23/h2-6,8-9,11-12,15,22-23H,7,10,13-14,16-20H2,1H3,(H,30,34)/b9-6+. The topological polar surface area (TPSA) is 84.0 Å². The number of rotatable bonds is 8. The zero-order valence-corrected chi connectivity index (χ0v) is 20.8. The van der Waals surface area contributed by atoms with E-state index in [2.05, 4.69) is 27.4 Å². The molecule has 3 aliphatic heterocycles. The summed E-state index contributed by atoms with van der Waals surface area (Å²) in [6.07, 6.45) is 9.26. The van der Waals surface area contributed by atoms with Crippen LogP contribution in [0, 0.1) is 5.92 Å². The SMILES string of the molecule is COc1ccccc1/C=C/CN1CCC(C2(c3ccccn3)NC(=O)N(CC3CCCO3)C2=O)CC1. The molecule has 190 valence electrons. The Morgan fingerprint density at radius 1 is 1.14 bits per heavy atom. The predicted molar refractivity (Wildman–Crippen MR) is 136 cm³/mol. The number of urea groups is 1. The van der Waals surface area contributed by atoms with Gasteiger partial charge in [-0.05, 0) is 62.9 Å². The van der Waals surface area contributed by atoms with Crippen molar-refractivity contribution in [1.29, 1.82) is 0 Å². The molecule has 0 bridgehead atoms. The molecule has 1 aromatic carbocycles. The van der Waals surface area contributed by atoms with E-state index in [-0.39, 0.29) is 24.0 Å². The number of amides is 3. The number of hydrogen-bond acceptors (Lipinski definition) is 6. The fraction of sp³-hybridized carbons (Fsp3) is 0.464. The molecule has 0 spiro atoms. The molecule has 5 rings (SSSR count). The summed E-state index contributed by atoms with van der Waals surface area (Å²) in [6, 6.07) is 13.2. The molecule has 2 unspecified atom stereocenters. The summed E-state index contributed by atoms with van der Waals surface area (Å²) < 4.78 is 11.2. The lowest BCUT2D eigenvalue weighted by Crippen LogP contribution is -2.54. The van der Waals surface area contributed by atoms with Crippen molar-refractivity contribution in [3.05, 3.63) is 66.0 Å². The lowest BCUT2D eigenvalue weighted by molar-refractivity contribution is -0.135. The number of hydrogen-bond donors (Lipinski definition) is 1. The van der Waals surface area contributed by atoms with E-state index in [9.17, 15) is 9.59 Å². The minimum atomic E-state index is -1.13. The van der Waals surface area contributed by atoms with E-state index in [1.165, 1.54) is 4.90 Å². The maximum atomic E-state index is 13.9. The molecule has 3 fully saturated rings. The van der Waals surface area contributed by atoms with E-state index in [0.717, 1.165) is 56.6 Å². The van der Waals surface area contributed by atoms with Crippen molar-refractivity contribution in [3.8, 4) is 5.75 Å². The highest BCUT2D eigenvalue weighted by Gasteiger charge is 2.58. The number of nitrogens with zero attached hydrogens (tertiary/aromatic N) is 3. The maximum absolute atomic E-state index is 13.9. The second kappa shape index (κ2) is 10.8. The fourth-order valence-corrected chi connectivity index (χ4v) is 5.69. The number of nitrogens with one attached hydrogen (secondary N) is 1. The molecular formula is C28H34N4O4. The molecule has 1 aromatic heterocycles. The number of likely N-dealkylation sites (tertiary alicyclic amines) is 1. The third-order valence-electron chi connectivity index (χ3n) is 7.61. The molecule has 0 aliphatic carbocycles. The average molecular weight is 491 g/mol. The Bertz CT molecular complexity index is 1090. The van der Waals surface area contributed by atoms with E-state index in [1.54, 1.807) is 13.3 Å². The Labute approximate surface area is 212 Å². The van der Waals surface area contributed by atoms with Gasteiger partial charge < -0.3 is 14.8 Å². The van der Waals surface area contributed by atoms with Gasteiger partial charge >= 0.3 is 6.03 Å². The van der Waals surface area contributed by atoms with Crippen LogP contribution in [0.15, 0.2) is 54.7 Å². The number of carbonyl (C=O) groups is 2. The quantitative estimate of drug-likeness (QED) is 0.571. The molecule has 3 saturated heterocycles. The fourth-order valence-electron chi connectivity index (χ4n) is 5.69. The lowest BCUT2D eigenvalue weighted by Gasteiger charge is -2.40. The number of methoxy groups -OCH3 is 1. The van der Waals surface area contributed by atoms with Crippen LogP contribution in [-0.2, 0) is 15.1 Å². The first-order valence-corrected chi connectivity index (χ1v) is 12.8. The van der Waals surface area contributed by atoms with Gasteiger partial charge in [0.2, 0.25) is 0 Å². The Kier molecular flexibility index (Phi) is 7.34. The Morgan fingerprint density at radius 2 is 1.94 bits per heavy atom. The number of para-hydroxylation sites is 1.